The SMILES string of the molecule is Nc1cccc(-c2nnnn2C2C3C4CCC(C4)C32)c1. The summed E-state index contributed by atoms with van der Waals surface area (Å²) in [5.74, 6) is 4.38. The van der Waals surface area contributed by atoms with Crippen LogP contribution in [0.25, 0.3) is 11.4 Å². The molecule has 0 aliphatic heterocycles. The number of rotatable bonds is 2. The Morgan fingerprint density at radius 2 is 1.95 bits per heavy atom. The Hall–Kier alpha value is -1.91. The van der Waals surface area contributed by atoms with E-state index in [1.165, 1.54) is 19.3 Å². The maximum absolute atomic E-state index is 5.87. The average molecular weight is 267 g/mol. The molecule has 5 heteroatoms. The van der Waals surface area contributed by atoms with Gasteiger partial charge in [-0.25, -0.2) is 4.68 Å². The molecular formula is C15H17N5. The fraction of sp³-hybridized carbons (Fsp3) is 0.533. The number of nitrogens with zero attached hydrogens (tertiary/aromatic N) is 4. The fourth-order valence-corrected chi connectivity index (χ4v) is 4.87. The van der Waals surface area contributed by atoms with Crippen LogP contribution in [0.1, 0.15) is 25.3 Å². The van der Waals surface area contributed by atoms with Crippen molar-refractivity contribution in [3.8, 4) is 11.4 Å². The van der Waals surface area contributed by atoms with Gasteiger partial charge in [0, 0.05) is 11.3 Å². The summed E-state index contributed by atoms with van der Waals surface area (Å²) in [5.41, 5.74) is 7.65. The minimum absolute atomic E-state index is 0.535. The lowest BCUT2D eigenvalue weighted by Crippen LogP contribution is -2.08. The summed E-state index contributed by atoms with van der Waals surface area (Å²) in [6.07, 6.45) is 4.28. The van der Waals surface area contributed by atoms with Crippen LogP contribution >= 0.6 is 0 Å². The molecule has 3 aliphatic carbocycles. The number of hydrogen-bond acceptors (Lipinski definition) is 4. The van der Waals surface area contributed by atoms with Gasteiger partial charge in [-0.2, -0.15) is 0 Å². The minimum Gasteiger partial charge on any atom is -0.399 e. The van der Waals surface area contributed by atoms with E-state index < -0.39 is 0 Å². The van der Waals surface area contributed by atoms with Crippen molar-refractivity contribution in [2.45, 2.75) is 25.3 Å². The van der Waals surface area contributed by atoms with Gasteiger partial charge in [0.1, 0.15) is 0 Å². The molecule has 4 unspecified atom stereocenters. The first kappa shape index (κ1) is 10.8. The van der Waals surface area contributed by atoms with E-state index in [-0.39, 0.29) is 0 Å². The number of benzene rings is 1. The third-order valence-electron chi connectivity index (χ3n) is 5.61. The van der Waals surface area contributed by atoms with Gasteiger partial charge in [0.25, 0.3) is 0 Å². The number of fused-ring (bicyclic) bond motifs is 5. The first-order valence-electron chi connectivity index (χ1n) is 7.47. The van der Waals surface area contributed by atoms with E-state index in [9.17, 15) is 0 Å². The summed E-state index contributed by atoms with van der Waals surface area (Å²) in [6, 6.07) is 8.37. The van der Waals surface area contributed by atoms with Crippen molar-refractivity contribution in [2.24, 2.45) is 23.7 Å². The molecule has 1 aromatic heterocycles. The van der Waals surface area contributed by atoms with Gasteiger partial charge in [-0.05, 0) is 65.5 Å². The Morgan fingerprint density at radius 1 is 1.15 bits per heavy atom. The van der Waals surface area contributed by atoms with E-state index in [4.69, 9.17) is 5.73 Å². The molecule has 3 fully saturated rings. The second-order valence-corrected chi connectivity index (χ2v) is 6.55. The zero-order chi connectivity index (χ0) is 13.3. The lowest BCUT2D eigenvalue weighted by molar-refractivity contribution is 0.427. The van der Waals surface area contributed by atoms with E-state index in [0.717, 1.165) is 40.7 Å². The first-order chi connectivity index (χ1) is 9.83. The molecule has 5 rings (SSSR count). The number of tetrazole rings is 1. The number of aromatic nitrogens is 4. The first-order valence-corrected chi connectivity index (χ1v) is 7.47. The van der Waals surface area contributed by atoms with Gasteiger partial charge in [-0.1, -0.05) is 12.1 Å². The average Bonchev–Trinajstić information content (AvgIpc) is 2.89. The summed E-state index contributed by atoms with van der Waals surface area (Å²) in [4.78, 5) is 0. The Morgan fingerprint density at radius 3 is 2.70 bits per heavy atom. The zero-order valence-corrected chi connectivity index (χ0v) is 11.2. The highest BCUT2D eigenvalue weighted by molar-refractivity contribution is 5.61. The molecule has 1 aromatic carbocycles. The third-order valence-corrected chi connectivity index (χ3v) is 5.61. The monoisotopic (exact) mass is 267 g/mol. The van der Waals surface area contributed by atoms with Gasteiger partial charge in [-0.3, -0.25) is 0 Å². The molecule has 0 amide bonds. The molecule has 2 N–H and O–H groups in total. The lowest BCUT2D eigenvalue weighted by atomic mass is 10.0. The second kappa shape index (κ2) is 3.59. The summed E-state index contributed by atoms with van der Waals surface area (Å²) in [6.45, 7) is 0. The molecule has 0 spiro atoms. The number of nitrogens with two attached hydrogens (primary N) is 1. The summed E-state index contributed by atoms with van der Waals surface area (Å²) >= 11 is 0. The van der Waals surface area contributed by atoms with Crippen molar-refractivity contribution in [1.29, 1.82) is 0 Å². The van der Waals surface area contributed by atoms with Crippen LogP contribution in [-0.4, -0.2) is 20.2 Å². The molecule has 1 heterocycles. The number of nitrogen functional groups attached to an aromatic ring is 1. The molecule has 4 atom stereocenters. The van der Waals surface area contributed by atoms with Crippen LogP contribution in [0.3, 0.4) is 0 Å². The molecule has 20 heavy (non-hydrogen) atoms. The van der Waals surface area contributed by atoms with Crippen molar-refractivity contribution in [3.63, 3.8) is 0 Å². The van der Waals surface area contributed by atoms with Crippen molar-refractivity contribution < 1.29 is 0 Å². The molecule has 2 bridgehead atoms. The maximum atomic E-state index is 5.87. The normalized spacial score (nSPS) is 37.1. The topological polar surface area (TPSA) is 69.6 Å². The number of hydrogen-bond donors (Lipinski definition) is 1. The molecule has 3 aliphatic rings. The van der Waals surface area contributed by atoms with Crippen molar-refractivity contribution in [1.82, 2.24) is 20.2 Å². The van der Waals surface area contributed by atoms with Crippen LogP contribution in [0.2, 0.25) is 0 Å². The van der Waals surface area contributed by atoms with E-state index >= 15 is 0 Å². The Labute approximate surface area is 117 Å². The molecule has 2 aromatic rings. The highest BCUT2D eigenvalue weighted by Gasteiger charge is 2.66. The Bertz CT molecular complexity index is 662. The molecule has 0 radical (unpaired) electrons. The van der Waals surface area contributed by atoms with Crippen LogP contribution in [0.5, 0.6) is 0 Å². The standard InChI is InChI=1S/C15H17N5/c16-11-3-1-2-10(7-11)15-17-18-19-20(15)14-12-8-4-5-9(6-8)13(12)14/h1-3,7-9,12-14H,4-6,16H2. The van der Waals surface area contributed by atoms with E-state index in [0.29, 0.717) is 6.04 Å². The predicted octanol–water partition coefficient (Wildman–Crippen LogP) is 2.14. The van der Waals surface area contributed by atoms with Crippen LogP contribution in [0.4, 0.5) is 5.69 Å². The smallest absolute Gasteiger partial charge is 0.182 e. The van der Waals surface area contributed by atoms with E-state index in [1.54, 1.807) is 0 Å². The van der Waals surface area contributed by atoms with Gasteiger partial charge in [0.2, 0.25) is 0 Å². The molecule has 0 saturated heterocycles. The van der Waals surface area contributed by atoms with Crippen LogP contribution in [0, 0.1) is 23.7 Å². The summed E-state index contributed by atoms with van der Waals surface area (Å²) < 4.78 is 2.06. The molecule has 5 nitrogen and oxygen atoms in total. The highest BCUT2D eigenvalue weighted by atomic mass is 15.6. The van der Waals surface area contributed by atoms with Gasteiger partial charge in [0.05, 0.1) is 6.04 Å². The summed E-state index contributed by atoms with van der Waals surface area (Å²) in [7, 11) is 0. The van der Waals surface area contributed by atoms with Gasteiger partial charge in [0.15, 0.2) is 5.82 Å². The Kier molecular flexibility index (Phi) is 1.95. The van der Waals surface area contributed by atoms with Crippen LogP contribution in [0.15, 0.2) is 24.3 Å². The largest absolute Gasteiger partial charge is 0.399 e. The predicted molar refractivity (Wildman–Crippen MR) is 74.5 cm³/mol. The quantitative estimate of drug-likeness (QED) is 0.846. The summed E-state index contributed by atoms with van der Waals surface area (Å²) in [5, 5.41) is 12.4. The minimum atomic E-state index is 0.535. The molecule has 102 valence electrons. The van der Waals surface area contributed by atoms with Crippen molar-refractivity contribution in [2.75, 3.05) is 5.73 Å². The molecular weight excluding hydrogens is 250 g/mol. The van der Waals surface area contributed by atoms with E-state index in [2.05, 4.69) is 20.2 Å². The maximum Gasteiger partial charge on any atom is 0.182 e. The van der Waals surface area contributed by atoms with E-state index in [1.807, 2.05) is 24.3 Å². The van der Waals surface area contributed by atoms with Crippen LogP contribution in [-0.2, 0) is 0 Å². The van der Waals surface area contributed by atoms with Crippen LogP contribution < -0.4 is 5.73 Å². The van der Waals surface area contributed by atoms with Crippen molar-refractivity contribution >= 4 is 5.69 Å². The zero-order valence-electron chi connectivity index (χ0n) is 11.2. The van der Waals surface area contributed by atoms with Gasteiger partial charge in [-0.15, -0.1) is 5.10 Å². The third kappa shape index (κ3) is 1.30. The fourth-order valence-electron chi connectivity index (χ4n) is 4.87. The highest BCUT2D eigenvalue weighted by Crippen LogP contribution is 2.71. The van der Waals surface area contributed by atoms with Gasteiger partial charge < -0.3 is 5.73 Å². The molecule has 3 saturated carbocycles. The second-order valence-electron chi connectivity index (χ2n) is 6.55. The Balaban J connectivity index is 1.54. The lowest BCUT2D eigenvalue weighted by Gasteiger charge is -2.10. The number of anilines is 1. The van der Waals surface area contributed by atoms with Gasteiger partial charge >= 0.3 is 0 Å². The van der Waals surface area contributed by atoms with Crippen molar-refractivity contribution in [3.05, 3.63) is 24.3 Å².